The molecule has 0 fully saturated rings. The fourth-order valence-corrected chi connectivity index (χ4v) is 2.17. The Labute approximate surface area is 134 Å². The van der Waals surface area contributed by atoms with E-state index in [0.29, 0.717) is 5.69 Å². The molecule has 24 heavy (non-hydrogen) atoms. The minimum Gasteiger partial charge on any atom is -0.326 e. The van der Waals surface area contributed by atoms with Crippen molar-refractivity contribution in [3.05, 3.63) is 69.6 Å². The molecule has 1 aromatic carbocycles. The molecule has 0 radical (unpaired) electrons. The smallest absolute Gasteiger partial charge is 0.262 e. The van der Waals surface area contributed by atoms with Crippen LogP contribution in [0.4, 0.5) is 14.6 Å². The molecule has 2 heterocycles. The Hall–Kier alpha value is -3.29. The van der Waals surface area contributed by atoms with Gasteiger partial charge in [-0.3, -0.25) is 14.7 Å². The van der Waals surface area contributed by atoms with E-state index in [9.17, 15) is 18.4 Å². The Morgan fingerprint density at radius 2 is 2.00 bits per heavy atom. The molecule has 0 aliphatic heterocycles. The zero-order valence-corrected chi connectivity index (χ0v) is 12.5. The fraction of sp³-hybridized carbons (Fsp3) is 0.0625. The molecule has 1 amide bonds. The third kappa shape index (κ3) is 2.94. The van der Waals surface area contributed by atoms with Crippen molar-refractivity contribution in [2.24, 2.45) is 0 Å². The lowest BCUT2D eigenvalue weighted by molar-refractivity contribution is 0.102. The summed E-state index contributed by atoms with van der Waals surface area (Å²) in [4.78, 5) is 26.4. The van der Waals surface area contributed by atoms with Gasteiger partial charge in [0.25, 0.3) is 11.5 Å². The SMILES string of the molecule is Cc1ccc(C(=O)Nc2cc(-c3cccc(F)c3F)[nH]n2)c(=O)[nH]1. The van der Waals surface area contributed by atoms with Crippen LogP contribution in [-0.2, 0) is 0 Å². The van der Waals surface area contributed by atoms with Gasteiger partial charge in [-0.15, -0.1) is 0 Å². The number of H-pyrrole nitrogens is 2. The first-order valence-corrected chi connectivity index (χ1v) is 6.97. The highest BCUT2D eigenvalue weighted by Crippen LogP contribution is 2.24. The van der Waals surface area contributed by atoms with Gasteiger partial charge in [-0.05, 0) is 31.2 Å². The molecule has 3 N–H and O–H groups in total. The van der Waals surface area contributed by atoms with Crippen molar-refractivity contribution in [2.75, 3.05) is 5.32 Å². The number of benzene rings is 1. The number of carbonyl (C=O) groups is 1. The summed E-state index contributed by atoms with van der Waals surface area (Å²) in [7, 11) is 0. The van der Waals surface area contributed by atoms with Gasteiger partial charge in [0.1, 0.15) is 5.56 Å². The monoisotopic (exact) mass is 330 g/mol. The quantitative estimate of drug-likeness (QED) is 0.689. The molecule has 0 saturated heterocycles. The number of halogens is 2. The maximum atomic E-state index is 13.8. The molecule has 8 heteroatoms. The molecule has 0 aliphatic carbocycles. The van der Waals surface area contributed by atoms with Gasteiger partial charge in [-0.25, -0.2) is 8.78 Å². The number of aromatic amines is 2. The van der Waals surface area contributed by atoms with Crippen molar-refractivity contribution in [2.45, 2.75) is 6.92 Å². The predicted octanol–water partition coefficient (Wildman–Crippen LogP) is 2.60. The zero-order valence-electron chi connectivity index (χ0n) is 12.5. The van der Waals surface area contributed by atoms with E-state index < -0.39 is 23.1 Å². The van der Waals surface area contributed by atoms with Crippen molar-refractivity contribution in [3.63, 3.8) is 0 Å². The van der Waals surface area contributed by atoms with Gasteiger partial charge in [0.2, 0.25) is 0 Å². The highest BCUT2D eigenvalue weighted by atomic mass is 19.2. The molecule has 0 bridgehead atoms. The number of hydrogen-bond acceptors (Lipinski definition) is 3. The Morgan fingerprint density at radius 3 is 2.75 bits per heavy atom. The van der Waals surface area contributed by atoms with Crippen LogP contribution >= 0.6 is 0 Å². The van der Waals surface area contributed by atoms with Crippen molar-refractivity contribution in [1.82, 2.24) is 15.2 Å². The van der Waals surface area contributed by atoms with Crippen LogP contribution in [0.25, 0.3) is 11.3 Å². The molecule has 0 spiro atoms. The Kier molecular flexibility index (Phi) is 3.95. The Balaban J connectivity index is 1.85. The minimum absolute atomic E-state index is 0.0174. The second-order valence-electron chi connectivity index (χ2n) is 5.11. The minimum atomic E-state index is -1.02. The number of nitrogens with one attached hydrogen (secondary N) is 3. The number of nitrogens with zero attached hydrogens (tertiary/aromatic N) is 1. The second-order valence-corrected chi connectivity index (χ2v) is 5.11. The lowest BCUT2D eigenvalue weighted by Crippen LogP contribution is -2.23. The maximum absolute atomic E-state index is 13.8. The van der Waals surface area contributed by atoms with E-state index in [0.717, 1.165) is 6.07 Å². The molecule has 122 valence electrons. The molecule has 0 saturated carbocycles. The van der Waals surface area contributed by atoms with Crippen molar-refractivity contribution < 1.29 is 13.6 Å². The zero-order chi connectivity index (χ0) is 17.3. The molecule has 2 aromatic heterocycles. The third-order valence-electron chi connectivity index (χ3n) is 3.36. The van der Waals surface area contributed by atoms with E-state index >= 15 is 0 Å². The van der Waals surface area contributed by atoms with E-state index in [2.05, 4.69) is 20.5 Å². The number of pyridine rings is 1. The first-order chi connectivity index (χ1) is 11.5. The number of amides is 1. The number of carbonyl (C=O) groups excluding carboxylic acids is 1. The van der Waals surface area contributed by atoms with Crippen molar-refractivity contribution in [1.29, 1.82) is 0 Å². The van der Waals surface area contributed by atoms with Gasteiger partial charge in [-0.2, -0.15) is 5.10 Å². The van der Waals surface area contributed by atoms with Crippen LogP contribution in [0.15, 0.2) is 41.2 Å². The molecule has 6 nitrogen and oxygen atoms in total. The van der Waals surface area contributed by atoms with Gasteiger partial charge in [-0.1, -0.05) is 6.07 Å². The molecule has 0 unspecified atom stereocenters. The normalized spacial score (nSPS) is 10.6. The summed E-state index contributed by atoms with van der Waals surface area (Å²) in [5.41, 5.74) is 0.193. The van der Waals surface area contributed by atoms with Crippen LogP contribution < -0.4 is 10.9 Å². The summed E-state index contributed by atoms with van der Waals surface area (Å²) in [6.45, 7) is 1.69. The molecular weight excluding hydrogens is 318 g/mol. The van der Waals surface area contributed by atoms with Crippen molar-refractivity contribution in [3.8, 4) is 11.3 Å². The average molecular weight is 330 g/mol. The third-order valence-corrected chi connectivity index (χ3v) is 3.36. The van der Waals surface area contributed by atoms with E-state index in [1.807, 2.05) is 0 Å². The molecule has 0 atom stereocenters. The highest BCUT2D eigenvalue weighted by Gasteiger charge is 2.15. The van der Waals surface area contributed by atoms with Gasteiger partial charge < -0.3 is 10.3 Å². The van der Waals surface area contributed by atoms with Gasteiger partial charge in [0.15, 0.2) is 17.5 Å². The molecule has 3 aromatic rings. The Bertz CT molecular complexity index is 978. The topological polar surface area (TPSA) is 90.6 Å². The van der Waals surface area contributed by atoms with Crippen molar-refractivity contribution >= 4 is 11.7 Å². The summed E-state index contributed by atoms with van der Waals surface area (Å²) < 4.78 is 27.0. The standard InChI is InChI=1S/C16H12F2N4O2/c1-8-5-6-10(15(23)19-8)16(24)20-13-7-12(21-22-13)9-3-2-4-11(17)14(9)18/h2-7H,1H3,(H,19,23)(H2,20,21,22,24). The molecule has 3 rings (SSSR count). The summed E-state index contributed by atoms with van der Waals surface area (Å²) in [6.07, 6.45) is 0. The first kappa shape index (κ1) is 15.6. The van der Waals surface area contributed by atoms with Crippen LogP contribution in [0.2, 0.25) is 0 Å². The van der Waals surface area contributed by atoms with E-state index in [-0.39, 0.29) is 22.6 Å². The lowest BCUT2D eigenvalue weighted by Gasteiger charge is -2.01. The van der Waals surface area contributed by atoms with Crippen LogP contribution in [-0.4, -0.2) is 21.1 Å². The molecule has 0 aliphatic rings. The first-order valence-electron chi connectivity index (χ1n) is 6.97. The van der Waals surface area contributed by atoms with Crippen LogP contribution in [0.1, 0.15) is 16.1 Å². The van der Waals surface area contributed by atoms with E-state index in [4.69, 9.17) is 0 Å². The van der Waals surface area contributed by atoms with Crippen LogP contribution in [0.3, 0.4) is 0 Å². The lowest BCUT2D eigenvalue weighted by atomic mass is 10.1. The molecular formula is C16H12F2N4O2. The predicted molar refractivity (Wildman–Crippen MR) is 83.7 cm³/mol. The number of anilines is 1. The van der Waals surface area contributed by atoms with E-state index in [1.165, 1.54) is 24.3 Å². The summed E-state index contributed by atoms with van der Waals surface area (Å²) in [6, 6.07) is 8.07. The van der Waals surface area contributed by atoms with Crippen LogP contribution in [0, 0.1) is 18.6 Å². The summed E-state index contributed by atoms with van der Waals surface area (Å²) in [5.74, 6) is -2.58. The van der Waals surface area contributed by atoms with Gasteiger partial charge >= 0.3 is 0 Å². The number of aromatic nitrogens is 3. The summed E-state index contributed by atoms with van der Waals surface area (Å²) >= 11 is 0. The van der Waals surface area contributed by atoms with Gasteiger partial charge in [0.05, 0.1) is 5.69 Å². The average Bonchev–Trinajstić information content (AvgIpc) is 2.98. The Morgan fingerprint density at radius 1 is 1.21 bits per heavy atom. The van der Waals surface area contributed by atoms with E-state index in [1.54, 1.807) is 13.0 Å². The number of hydrogen-bond donors (Lipinski definition) is 3. The number of aryl methyl sites for hydroxylation is 1. The number of rotatable bonds is 3. The maximum Gasteiger partial charge on any atom is 0.262 e. The highest BCUT2D eigenvalue weighted by molar-refractivity contribution is 6.03. The van der Waals surface area contributed by atoms with Gasteiger partial charge in [0, 0.05) is 17.3 Å². The summed E-state index contributed by atoms with van der Waals surface area (Å²) in [5, 5.41) is 8.76. The fourth-order valence-electron chi connectivity index (χ4n) is 2.17. The largest absolute Gasteiger partial charge is 0.326 e. The second kappa shape index (κ2) is 6.07. The van der Waals surface area contributed by atoms with Crippen LogP contribution in [0.5, 0.6) is 0 Å².